The number of hydrogen-bond donors (Lipinski definition) is 2. The van der Waals surface area contributed by atoms with Gasteiger partial charge < -0.3 is 10.6 Å². The largest absolute Gasteiger partial charge is 0.351 e. The summed E-state index contributed by atoms with van der Waals surface area (Å²) in [6.07, 6.45) is 5.25. The lowest BCUT2D eigenvalue weighted by atomic mass is 10.1. The highest BCUT2D eigenvalue weighted by Crippen LogP contribution is 2.17. The Bertz CT molecular complexity index is 380. The third kappa shape index (κ3) is 3.84. The van der Waals surface area contributed by atoms with E-state index in [1.54, 1.807) is 0 Å². The summed E-state index contributed by atoms with van der Waals surface area (Å²) in [5.41, 5.74) is 1.91. The summed E-state index contributed by atoms with van der Waals surface area (Å²) < 4.78 is 0. The summed E-state index contributed by atoms with van der Waals surface area (Å²) in [7, 11) is 0. The van der Waals surface area contributed by atoms with E-state index in [0.717, 1.165) is 12.1 Å². The molecule has 2 rings (SSSR count). The van der Waals surface area contributed by atoms with Crippen LogP contribution in [0.25, 0.3) is 0 Å². The normalized spacial score (nSPS) is 15.8. The minimum absolute atomic E-state index is 0.0169. The molecule has 3 nitrogen and oxygen atoms in total. The second-order valence-electron chi connectivity index (χ2n) is 5.06. The van der Waals surface area contributed by atoms with Crippen LogP contribution in [0.2, 0.25) is 0 Å². The molecule has 1 amide bonds. The van der Waals surface area contributed by atoms with Gasteiger partial charge in [0.25, 0.3) is 5.91 Å². The molecule has 0 atom stereocenters. The fraction of sp³-hybridized carbons (Fsp3) is 0.533. The maximum Gasteiger partial charge on any atom is 0.251 e. The van der Waals surface area contributed by atoms with Crippen molar-refractivity contribution < 1.29 is 4.79 Å². The lowest BCUT2D eigenvalue weighted by molar-refractivity contribution is 0.0953. The highest BCUT2D eigenvalue weighted by atomic mass is 16.1. The van der Waals surface area contributed by atoms with Gasteiger partial charge in [-0.2, -0.15) is 0 Å². The SMILES string of the molecule is Cc1ccc(C(=O)NCCNC2CCCC2)cc1. The quantitative estimate of drug-likeness (QED) is 0.782. The minimum atomic E-state index is 0.0169. The molecular weight excluding hydrogens is 224 g/mol. The van der Waals surface area contributed by atoms with Crippen LogP contribution in [-0.4, -0.2) is 25.0 Å². The van der Waals surface area contributed by atoms with Crippen molar-refractivity contribution in [2.24, 2.45) is 0 Å². The molecule has 0 bridgehead atoms. The van der Waals surface area contributed by atoms with Gasteiger partial charge >= 0.3 is 0 Å². The van der Waals surface area contributed by atoms with Gasteiger partial charge in [-0.05, 0) is 31.9 Å². The summed E-state index contributed by atoms with van der Waals surface area (Å²) in [5.74, 6) is 0.0169. The Morgan fingerprint density at radius 2 is 1.83 bits per heavy atom. The second-order valence-corrected chi connectivity index (χ2v) is 5.06. The van der Waals surface area contributed by atoms with Crippen molar-refractivity contribution >= 4 is 5.91 Å². The summed E-state index contributed by atoms with van der Waals surface area (Å²) in [4.78, 5) is 11.8. The van der Waals surface area contributed by atoms with Crippen LogP contribution >= 0.6 is 0 Å². The fourth-order valence-corrected chi connectivity index (χ4v) is 2.39. The standard InChI is InChI=1S/C15H22N2O/c1-12-6-8-13(9-7-12)15(18)17-11-10-16-14-4-2-3-5-14/h6-9,14,16H,2-5,10-11H2,1H3,(H,17,18). The number of amides is 1. The maximum atomic E-state index is 11.8. The topological polar surface area (TPSA) is 41.1 Å². The number of rotatable bonds is 5. The molecule has 0 spiro atoms. The second kappa shape index (κ2) is 6.55. The van der Waals surface area contributed by atoms with Gasteiger partial charge in [0, 0.05) is 24.7 Å². The van der Waals surface area contributed by atoms with Crippen molar-refractivity contribution in [2.75, 3.05) is 13.1 Å². The Labute approximate surface area is 109 Å². The summed E-state index contributed by atoms with van der Waals surface area (Å²) in [6.45, 7) is 3.58. The Balaban J connectivity index is 1.66. The van der Waals surface area contributed by atoms with Crippen molar-refractivity contribution in [2.45, 2.75) is 38.6 Å². The number of benzene rings is 1. The zero-order chi connectivity index (χ0) is 12.8. The predicted molar refractivity (Wildman–Crippen MR) is 73.8 cm³/mol. The van der Waals surface area contributed by atoms with Crippen LogP contribution in [0.15, 0.2) is 24.3 Å². The van der Waals surface area contributed by atoms with Crippen LogP contribution in [0.1, 0.15) is 41.6 Å². The van der Waals surface area contributed by atoms with E-state index in [2.05, 4.69) is 10.6 Å². The van der Waals surface area contributed by atoms with Crippen molar-refractivity contribution in [3.05, 3.63) is 35.4 Å². The highest BCUT2D eigenvalue weighted by molar-refractivity contribution is 5.94. The Hall–Kier alpha value is -1.35. The number of hydrogen-bond acceptors (Lipinski definition) is 2. The number of nitrogens with one attached hydrogen (secondary N) is 2. The molecule has 1 aromatic carbocycles. The van der Waals surface area contributed by atoms with Crippen LogP contribution < -0.4 is 10.6 Å². The van der Waals surface area contributed by atoms with E-state index in [-0.39, 0.29) is 5.91 Å². The van der Waals surface area contributed by atoms with Gasteiger partial charge in [-0.15, -0.1) is 0 Å². The molecule has 3 heteroatoms. The lowest BCUT2D eigenvalue weighted by Gasteiger charge is -2.12. The number of carbonyl (C=O) groups is 1. The van der Waals surface area contributed by atoms with Gasteiger partial charge in [-0.25, -0.2) is 0 Å². The van der Waals surface area contributed by atoms with E-state index in [0.29, 0.717) is 12.6 Å². The van der Waals surface area contributed by atoms with E-state index in [1.807, 2.05) is 31.2 Å². The average molecular weight is 246 g/mol. The highest BCUT2D eigenvalue weighted by Gasteiger charge is 2.13. The van der Waals surface area contributed by atoms with E-state index < -0.39 is 0 Å². The minimum Gasteiger partial charge on any atom is -0.351 e. The Morgan fingerprint density at radius 1 is 1.17 bits per heavy atom. The molecule has 98 valence electrons. The van der Waals surface area contributed by atoms with Crippen LogP contribution in [0.4, 0.5) is 0 Å². The van der Waals surface area contributed by atoms with E-state index >= 15 is 0 Å². The molecule has 1 aliphatic carbocycles. The molecule has 0 saturated heterocycles. The predicted octanol–water partition coefficient (Wildman–Crippen LogP) is 2.26. The number of aryl methyl sites for hydroxylation is 1. The molecule has 0 heterocycles. The smallest absolute Gasteiger partial charge is 0.251 e. The van der Waals surface area contributed by atoms with Crippen LogP contribution in [-0.2, 0) is 0 Å². The van der Waals surface area contributed by atoms with Gasteiger partial charge in [-0.1, -0.05) is 30.5 Å². The van der Waals surface area contributed by atoms with Gasteiger partial charge in [0.15, 0.2) is 0 Å². The van der Waals surface area contributed by atoms with Crippen molar-refractivity contribution in [1.82, 2.24) is 10.6 Å². The summed E-state index contributed by atoms with van der Waals surface area (Å²) >= 11 is 0. The van der Waals surface area contributed by atoms with Gasteiger partial charge in [0.1, 0.15) is 0 Å². The summed E-state index contributed by atoms with van der Waals surface area (Å²) in [5, 5.41) is 6.42. The first kappa shape index (κ1) is 13.1. The Morgan fingerprint density at radius 3 is 2.50 bits per heavy atom. The third-order valence-electron chi connectivity index (χ3n) is 3.51. The van der Waals surface area contributed by atoms with E-state index in [1.165, 1.54) is 31.2 Å². The molecule has 2 N–H and O–H groups in total. The zero-order valence-corrected chi connectivity index (χ0v) is 11.0. The van der Waals surface area contributed by atoms with Crippen LogP contribution in [0, 0.1) is 6.92 Å². The van der Waals surface area contributed by atoms with Crippen molar-refractivity contribution in [1.29, 1.82) is 0 Å². The first-order chi connectivity index (χ1) is 8.75. The summed E-state index contributed by atoms with van der Waals surface area (Å²) in [6, 6.07) is 8.34. The molecule has 0 aromatic heterocycles. The molecule has 1 saturated carbocycles. The lowest BCUT2D eigenvalue weighted by Crippen LogP contribution is -2.35. The molecular formula is C15H22N2O. The number of carbonyl (C=O) groups excluding carboxylic acids is 1. The molecule has 0 radical (unpaired) electrons. The zero-order valence-electron chi connectivity index (χ0n) is 11.0. The van der Waals surface area contributed by atoms with E-state index in [4.69, 9.17) is 0 Å². The molecule has 0 unspecified atom stereocenters. The van der Waals surface area contributed by atoms with Gasteiger partial charge in [0.05, 0.1) is 0 Å². The van der Waals surface area contributed by atoms with Crippen molar-refractivity contribution in [3.63, 3.8) is 0 Å². The molecule has 1 aromatic rings. The van der Waals surface area contributed by atoms with Gasteiger partial charge in [0.2, 0.25) is 0 Å². The molecule has 0 aliphatic heterocycles. The molecule has 1 aliphatic rings. The molecule has 1 fully saturated rings. The molecule has 18 heavy (non-hydrogen) atoms. The monoisotopic (exact) mass is 246 g/mol. The van der Waals surface area contributed by atoms with Gasteiger partial charge in [-0.3, -0.25) is 4.79 Å². The first-order valence-electron chi connectivity index (χ1n) is 6.84. The van der Waals surface area contributed by atoms with Crippen molar-refractivity contribution in [3.8, 4) is 0 Å². The first-order valence-corrected chi connectivity index (χ1v) is 6.84. The fourth-order valence-electron chi connectivity index (χ4n) is 2.39. The van der Waals surface area contributed by atoms with Crippen LogP contribution in [0.5, 0.6) is 0 Å². The average Bonchev–Trinajstić information content (AvgIpc) is 2.88. The van der Waals surface area contributed by atoms with E-state index in [9.17, 15) is 4.79 Å². The third-order valence-corrected chi connectivity index (χ3v) is 3.51. The van der Waals surface area contributed by atoms with Crippen LogP contribution in [0.3, 0.4) is 0 Å². The Kier molecular flexibility index (Phi) is 4.76. The maximum absolute atomic E-state index is 11.8.